The van der Waals surface area contributed by atoms with E-state index in [1.54, 1.807) is 6.20 Å². The van der Waals surface area contributed by atoms with Gasteiger partial charge in [0.05, 0.1) is 5.58 Å². The minimum atomic E-state index is 0. The number of pyridine rings is 3. The van der Waals surface area contributed by atoms with E-state index < -0.39 is 0 Å². The predicted octanol–water partition coefficient (Wildman–Crippen LogP) is 14.6. The van der Waals surface area contributed by atoms with Gasteiger partial charge in [0.15, 0.2) is 0 Å². The smallest absolute Gasteiger partial charge is 0.212 e. The molecule has 0 atom stereocenters. The second-order valence-electron chi connectivity index (χ2n) is 17.4. The normalized spacial score (nSPS) is 13.2. The molecule has 345 valence electrons. The van der Waals surface area contributed by atoms with E-state index in [1.807, 2.05) is 86.6 Å². The Balaban J connectivity index is 0.000000211. The van der Waals surface area contributed by atoms with Gasteiger partial charge in [-0.2, -0.15) is 49.7 Å². The Morgan fingerprint density at radius 3 is 1.53 bits per heavy atom. The zero-order valence-electron chi connectivity index (χ0n) is 38.2. The summed E-state index contributed by atoms with van der Waals surface area (Å²) in [5.74, 6) is 0. The molecular formula is C59H42IrN7O3-5. The SMILES string of the molecule is Cc1ccc2c(n1)oc1c(N3[CH-]N(CCCCN4[CH-]N(c5[c-]ccc6c5oc5nc(C)ccc56)c5ccccc54)c4ccccc43)[c-]ccc12.[Ir].[c-]1ccc2c(oc3ccccc32)c1-c1ccccn1. The van der Waals surface area contributed by atoms with Crippen molar-refractivity contribution in [3.63, 3.8) is 0 Å². The van der Waals surface area contributed by atoms with E-state index in [4.69, 9.17) is 13.3 Å². The van der Waals surface area contributed by atoms with Crippen LogP contribution in [0.25, 0.3) is 77.3 Å². The van der Waals surface area contributed by atoms with Crippen LogP contribution in [-0.4, -0.2) is 28.0 Å². The molecule has 12 aromatic rings. The van der Waals surface area contributed by atoms with Crippen molar-refractivity contribution in [2.45, 2.75) is 26.7 Å². The van der Waals surface area contributed by atoms with Crippen molar-refractivity contribution < 1.29 is 33.4 Å². The zero-order valence-corrected chi connectivity index (χ0v) is 40.6. The molecule has 0 unspecified atom stereocenters. The minimum Gasteiger partial charge on any atom is -0.501 e. The first-order chi connectivity index (χ1) is 34.0. The van der Waals surface area contributed by atoms with Gasteiger partial charge in [-0.25, -0.2) is 9.97 Å². The van der Waals surface area contributed by atoms with E-state index in [0.717, 1.165) is 126 Å². The number of aromatic nitrogens is 3. The number of aryl methyl sites for hydroxylation is 2. The van der Waals surface area contributed by atoms with Gasteiger partial charge in [-0.3, -0.25) is 0 Å². The Labute approximate surface area is 417 Å². The first-order valence-corrected chi connectivity index (χ1v) is 23.2. The van der Waals surface area contributed by atoms with E-state index in [-0.39, 0.29) is 20.1 Å². The van der Waals surface area contributed by atoms with Crippen molar-refractivity contribution in [3.05, 3.63) is 201 Å². The molecular weight excluding hydrogens is 1050 g/mol. The molecule has 0 saturated heterocycles. The van der Waals surface area contributed by atoms with Crippen LogP contribution in [0.5, 0.6) is 0 Å². The molecule has 1 radical (unpaired) electrons. The van der Waals surface area contributed by atoms with Crippen LogP contribution in [0.3, 0.4) is 0 Å². The molecule has 0 aliphatic carbocycles. The average Bonchev–Trinajstić information content (AvgIpc) is 4.22. The number of hydrogen-bond donors (Lipinski definition) is 0. The predicted molar refractivity (Wildman–Crippen MR) is 276 cm³/mol. The van der Waals surface area contributed by atoms with Crippen LogP contribution < -0.4 is 19.6 Å². The van der Waals surface area contributed by atoms with Crippen LogP contribution in [-0.2, 0) is 20.1 Å². The van der Waals surface area contributed by atoms with E-state index >= 15 is 0 Å². The first-order valence-electron chi connectivity index (χ1n) is 23.2. The largest absolute Gasteiger partial charge is 0.501 e. The van der Waals surface area contributed by atoms with Gasteiger partial charge in [-0.15, -0.1) is 18.2 Å². The molecule has 6 aromatic carbocycles. The van der Waals surface area contributed by atoms with Crippen molar-refractivity contribution in [1.82, 2.24) is 15.0 Å². The van der Waals surface area contributed by atoms with Crippen molar-refractivity contribution >= 4 is 100 Å². The van der Waals surface area contributed by atoms with Gasteiger partial charge in [0.2, 0.25) is 11.4 Å². The van der Waals surface area contributed by atoms with Crippen LogP contribution in [0, 0.1) is 45.4 Å². The summed E-state index contributed by atoms with van der Waals surface area (Å²) < 4.78 is 18.7. The zero-order chi connectivity index (χ0) is 46.0. The van der Waals surface area contributed by atoms with Crippen LogP contribution in [0.15, 0.2) is 171 Å². The van der Waals surface area contributed by atoms with Gasteiger partial charge in [-0.1, -0.05) is 87.7 Å². The molecule has 6 aromatic heterocycles. The maximum absolute atomic E-state index is 6.35. The van der Waals surface area contributed by atoms with E-state index in [0.29, 0.717) is 11.4 Å². The van der Waals surface area contributed by atoms with E-state index in [1.165, 1.54) is 11.4 Å². The van der Waals surface area contributed by atoms with Crippen LogP contribution in [0.2, 0.25) is 0 Å². The molecule has 2 aliphatic rings. The summed E-state index contributed by atoms with van der Waals surface area (Å²) in [5.41, 5.74) is 14.7. The van der Waals surface area contributed by atoms with Crippen LogP contribution >= 0.6 is 0 Å². The summed E-state index contributed by atoms with van der Waals surface area (Å²) in [5, 5.41) is 6.36. The second kappa shape index (κ2) is 17.8. The molecule has 0 amide bonds. The number of para-hydroxylation sites is 5. The molecule has 11 heteroatoms. The standard InChI is InChI=1S/C42H32N6O2.C17H10NO.Ir/c1-27-19-21-31-29-11-9-17-37(39(29)49-41(31)43-27)47-25-45(33-13-3-5-15-35(33)47)23-7-8-24-46-26-48(36-16-6-4-14-34(36)46)38-18-10-12-30-32-22-20-28(2)44-42(32)50-40(30)38;1-2-10-16-12(6-1)13-7-5-8-14(17(13)19-16)15-9-3-4-11-18-15;/h3-6,9-16,19-22,25-26H,7-8,23-24H2,1-2H3;1-7,9-11H;/q-4;-1;. The maximum Gasteiger partial charge on any atom is 0.212 e. The number of unbranched alkanes of at least 4 members (excludes halogenated alkanes) is 1. The number of fused-ring (bicyclic) bond motifs is 11. The van der Waals surface area contributed by atoms with E-state index in [9.17, 15) is 0 Å². The number of benzene rings is 6. The summed E-state index contributed by atoms with van der Waals surface area (Å²) in [4.78, 5) is 22.7. The third-order valence-corrected chi connectivity index (χ3v) is 13.0. The van der Waals surface area contributed by atoms with Crippen molar-refractivity contribution in [3.8, 4) is 11.3 Å². The summed E-state index contributed by atoms with van der Waals surface area (Å²) in [6.45, 7) is 10.1. The van der Waals surface area contributed by atoms with Gasteiger partial charge in [0, 0.05) is 87.8 Å². The number of anilines is 6. The Kier molecular flexibility index (Phi) is 11.0. The fraction of sp³-hybridized carbons (Fsp3) is 0.102. The Bertz CT molecular complexity index is 3720. The molecule has 0 N–H and O–H groups in total. The molecule has 10 nitrogen and oxygen atoms in total. The fourth-order valence-electron chi connectivity index (χ4n) is 9.78. The number of furan rings is 3. The quantitative estimate of drug-likeness (QED) is 0.108. The topological polar surface area (TPSA) is 91.1 Å². The van der Waals surface area contributed by atoms with Crippen molar-refractivity contribution in [1.29, 1.82) is 0 Å². The van der Waals surface area contributed by atoms with Gasteiger partial charge in [0.1, 0.15) is 5.58 Å². The summed E-state index contributed by atoms with van der Waals surface area (Å²) in [7, 11) is 0. The fourth-order valence-corrected chi connectivity index (χ4v) is 9.78. The Morgan fingerprint density at radius 1 is 0.471 bits per heavy atom. The molecule has 0 fully saturated rings. The second-order valence-corrected chi connectivity index (χ2v) is 17.4. The van der Waals surface area contributed by atoms with E-state index in [2.05, 4.69) is 145 Å². The molecule has 70 heavy (non-hydrogen) atoms. The third kappa shape index (κ3) is 7.41. The minimum absolute atomic E-state index is 0. The van der Waals surface area contributed by atoms with Gasteiger partial charge >= 0.3 is 0 Å². The monoisotopic (exact) mass is 1090 g/mol. The molecule has 0 saturated carbocycles. The van der Waals surface area contributed by atoms with Crippen molar-refractivity contribution in [2.75, 3.05) is 32.7 Å². The van der Waals surface area contributed by atoms with Crippen LogP contribution in [0.4, 0.5) is 34.1 Å². The molecule has 0 spiro atoms. The molecule has 0 bridgehead atoms. The summed E-state index contributed by atoms with van der Waals surface area (Å²) >= 11 is 0. The Hall–Kier alpha value is -7.98. The van der Waals surface area contributed by atoms with Crippen molar-refractivity contribution in [2.24, 2.45) is 0 Å². The Morgan fingerprint density at radius 2 is 0.971 bits per heavy atom. The number of nitrogens with zero attached hydrogens (tertiary/aromatic N) is 7. The molecule has 8 heterocycles. The molecule has 14 rings (SSSR count). The maximum atomic E-state index is 6.35. The summed E-state index contributed by atoms with van der Waals surface area (Å²) in [6, 6.07) is 61.4. The first kappa shape index (κ1) is 43.3. The average molecular weight is 1090 g/mol. The number of hydrogen-bond acceptors (Lipinski definition) is 10. The van der Waals surface area contributed by atoms with Gasteiger partial charge in [0.25, 0.3) is 0 Å². The van der Waals surface area contributed by atoms with Crippen LogP contribution in [0.1, 0.15) is 24.2 Å². The van der Waals surface area contributed by atoms with Gasteiger partial charge < -0.3 is 37.8 Å². The molecule has 2 aliphatic heterocycles. The number of rotatable bonds is 8. The van der Waals surface area contributed by atoms with Gasteiger partial charge in [-0.05, 0) is 106 Å². The third-order valence-electron chi connectivity index (χ3n) is 13.0. The summed E-state index contributed by atoms with van der Waals surface area (Å²) in [6.07, 6.45) is 3.79.